The molecule has 0 fully saturated rings. The quantitative estimate of drug-likeness (QED) is 0.773. The van der Waals surface area contributed by atoms with E-state index in [0.29, 0.717) is 17.4 Å². The van der Waals surface area contributed by atoms with Gasteiger partial charge in [0.15, 0.2) is 6.29 Å². The number of carbonyl (C=O) groups is 1. The molecule has 0 aliphatic heterocycles. The molecule has 2 nitrogen and oxygen atoms in total. The molecule has 2 aromatic rings. The number of carbonyl (C=O) groups excluding carboxylic acids is 1. The zero-order valence-electron chi connectivity index (χ0n) is 13.0. The topological polar surface area (TPSA) is 37.3 Å². The highest BCUT2D eigenvalue weighted by atomic mass is 19.4. The van der Waals surface area contributed by atoms with Crippen LogP contribution < -0.4 is 0 Å². The summed E-state index contributed by atoms with van der Waals surface area (Å²) in [7, 11) is 0. The first-order valence-electron chi connectivity index (χ1n) is 7.04. The molecule has 0 aromatic heterocycles. The number of hydrogen-bond acceptors (Lipinski definition) is 2. The maximum atomic E-state index is 12.6. The minimum atomic E-state index is -4.41. The Morgan fingerprint density at radius 2 is 1.52 bits per heavy atom. The number of benzene rings is 2. The second-order valence-electron chi connectivity index (χ2n) is 6.40. The van der Waals surface area contributed by atoms with Gasteiger partial charge in [0.2, 0.25) is 0 Å². The second-order valence-corrected chi connectivity index (χ2v) is 6.40. The zero-order chi connectivity index (χ0) is 17.4. The lowest BCUT2D eigenvalue weighted by Gasteiger charge is -2.21. The summed E-state index contributed by atoms with van der Waals surface area (Å²) in [6.45, 7) is 5.85. The number of phenolic OH excluding ortho intramolecular Hbond substituents is 1. The Balaban J connectivity index is 2.60. The number of hydrogen-bond donors (Lipinski definition) is 1. The molecule has 2 rings (SSSR count). The van der Waals surface area contributed by atoms with Crippen LogP contribution in [0.15, 0.2) is 36.4 Å². The monoisotopic (exact) mass is 322 g/mol. The van der Waals surface area contributed by atoms with E-state index >= 15 is 0 Å². The predicted molar refractivity (Wildman–Crippen MR) is 82.6 cm³/mol. The summed E-state index contributed by atoms with van der Waals surface area (Å²) in [4.78, 5) is 11.2. The highest BCUT2D eigenvalue weighted by Crippen LogP contribution is 2.38. The van der Waals surface area contributed by atoms with Crippen LogP contribution in [-0.2, 0) is 11.6 Å². The number of phenols is 1. The highest BCUT2D eigenvalue weighted by molar-refractivity contribution is 5.86. The molecule has 0 atom stereocenters. The molecular weight excluding hydrogens is 305 g/mol. The van der Waals surface area contributed by atoms with E-state index in [4.69, 9.17) is 0 Å². The Morgan fingerprint density at radius 3 is 1.96 bits per heavy atom. The Kier molecular flexibility index (Phi) is 4.24. The third-order valence-corrected chi connectivity index (χ3v) is 3.66. The third kappa shape index (κ3) is 3.55. The van der Waals surface area contributed by atoms with E-state index < -0.39 is 11.7 Å². The van der Waals surface area contributed by atoms with Crippen LogP contribution in [0.5, 0.6) is 5.75 Å². The van der Waals surface area contributed by atoms with E-state index in [1.807, 2.05) is 20.8 Å². The molecule has 0 amide bonds. The van der Waals surface area contributed by atoms with Gasteiger partial charge in [-0.3, -0.25) is 4.79 Å². The summed E-state index contributed by atoms with van der Waals surface area (Å²) < 4.78 is 37.9. The summed E-state index contributed by atoms with van der Waals surface area (Å²) in [5.41, 5.74) is 0.660. The maximum Gasteiger partial charge on any atom is 0.416 e. The number of rotatable bonds is 2. The standard InChI is InChI=1S/C18H17F3O2/c1-17(2,3)14-8-12(10-22)16(23)15(9-14)11-4-6-13(7-5-11)18(19,20)21/h4-10,23H,1-3H3. The van der Waals surface area contributed by atoms with Crippen LogP contribution in [0.1, 0.15) is 42.3 Å². The molecule has 0 radical (unpaired) electrons. The summed E-state index contributed by atoms with van der Waals surface area (Å²) >= 11 is 0. The van der Waals surface area contributed by atoms with E-state index in [-0.39, 0.29) is 16.7 Å². The van der Waals surface area contributed by atoms with Gasteiger partial charge >= 0.3 is 6.18 Å². The van der Waals surface area contributed by atoms with Gasteiger partial charge < -0.3 is 5.11 Å². The maximum absolute atomic E-state index is 12.6. The normalized spacial score (nSPS) is 12.3. The highest BCUT2D eigenvalue weighted by Gasteiger charge is 2.30. The second kappa shape index (κ2) is 5.72. The summed E-state index contributed by atoms with van der Waals surface area (Å²) in [5, 5.41) is 10.2. The van der Waals surface area contributed by atoms with E-state index in [2.05, 4.69) is 0 Å². The van der Waals surface area contributed by atoms with Gasteiger partial charge in [-0.05, 0) is 40.8 Å². The van der Waals surface area contributed by atoms with Crippen molar-refractivity contribution in [3.8, 4) is 16.9 Å². The molecule has 1 N–H and O–H groups in total. The zero-order valence-corrected chi connectivity index (χ0v) is 13.0. The lowest BCUT2D eigenvalue weighted by atomic mass is 9.84. The molecule has 0 spiro atoms. The van der Waals surface area contributed by atoms with Gasteiger partial charge in [0.25, 0.3) is 0 Å². The van der Waals surface area contributed by atoms with Crippen LogP contribution in [0.25, 0.3) is 11.1 Å². The molecule has 0 bridgehead atoms. The first-order valence-corrected chi connectivity index (χ1v) is 7.04. The van der Waals surface area contributed by atoms with Gasteiger partial charge in [-0.15, -0.1) is 0 Å². The number of aromatic hydroxyl groups is 1. The molecular formula is C18H17F3O2. The van der Waals surface area contributed by atoms with Gasteiger partial charge in [0.1, 0.15) is 5.75 Å². The average molecular weight is 322 g/mol. The van der Waals surface area contributed by atoms with Crippen molar-refractivity contribution in [2.24, 2.45) is 0 Å². The van der Waals surface area contributed by atoms with Gasteiger partial charge in [-0.1, -0.05) is 32.9 Å². The van der Waals surface area contributed by atoms with Crippen LogP contribution >= 0.6 is 0 Å². The molecule has 5 heteroatoms. The molecule has 0 aliphatic carbocycles. The molecule has 0 saturated carbocycles. The summed E-state index contributed by atoms with van der Waals surface area (Å²) in [6.07, 6.45) is -3.88. The van der Waals surface area contributed by atoms with E-state index in [0.717, 1.165) is 17.7 Å². The Bertz CT molecular complexity index is 724. The van der Waals surface area contributed by atoms with Gasteiger partial charge in [-0.2, -0.15) is 13.2 Å². The Morgan fingerprint density at radius 1 is 0.957 bits per heavy atom. The fourth-order valence-electron chi connectivity index (χ4n) is 2.24. The lowest BCUT2D eigenvalue weighted by Crippen LogP contribution is -2.12. The molecule has 122 valence electrons. The minimum absolute atomic E-state index is 0.118. The van der Waals surface area contributed by atoms with Crippen molar-refractivity contribution >= 4 is 6.29 Å². The number of aldehydes is 1. The van der Waals surface area contributed by atoms with E-state index in [1.54, 1.807) is 12.1 Å². The third-order valence-electron chi connectivity index (χ3n) is 3.66. The first-order chi connectivity index (χ1) is 10.5. The van der Waals surface area contributed by atoms with Crippen molar-refractivity contribution in [3.63, 3.8) is 0 Å². The largest absolute Gasteiger partial charge is 0.507 e. The Labute approximate surface area is 132 Å². The van der Waals surface area contributed by atoms with Crippen LogP contribution in [-0.4, -0.2) is 11.4 Å². The summed E-state index contributed by atoms with van der Waals surface area (Å²) in [6, 6.07) is 7.79. The minimum Gasteiger partial charge on any atom is -0.507 e. The van der Waals surface area contributed by atoms with Gasteiger partial charge in [-0.25, -0.2) is 0 Å². The SMILES string of the molecule is CC(C)(C)c1cc(C=O)c(O)c(-c2ccc(C(F)(F)F)cc2)c1. The Hall–Kier alpha value is -2.30. The fourth-order valence-corrected chi connectivity index (χ4v) is 2.24. The van der Waals surface area contributed by atoms with Crippen LogP contribution in [0.3, 0.4) is 0 Å². The van der Waals surface area contributed by atoms with Crippen molar-refractivity contribution in [1.82, 2.24) is 0 Å². The van der Waals surface area contributed by atoms with Crippen LogP contribution in [0.4, 0.5) is 13.2 Å². The van der Waals surface area contributed by atoms with Crippen molar-refractivity contribution in [2.75, 3.05) is 0 Å². The molecule has 0 saturated heterocycles. The number of alkyl halides is 3. The van der Waals surface area contributed by atoms with Crippen molar-refractivity contribution in [3.05, 3.63) is 53.1 Å². The van der Waals surface area contributed by atoms with Crippen LogP contribution in [0, 0.1) is 0 Å². The molecule has 0 aliphatic rings. The molecule has 0 heterocycles. The lowest BCUT2D eigenvalue weighted by molar-refractivity contribution is -0.137. The first kappa shape index (κ1) is 17.1. The molecule has 0 unspecified atom stereocenters. The number of halogens is 3. The van der Waals surface area contributed by atoms with E-state index in [1.165, 1.54) is 12.1 Å². The van der Waals surface area contributed by atoms with E-state index in [9.17, 15) is 23.1 Å². The molecule has 23 heavy (non-hydrogen) atoms. The van der Waals surface area contributed by atoms with Crippen LogP contribution in [0.2, 0.25) is 0 Å². The van der Waals surface area contributed by atoms with Crippen molar-refractivity contribution in [1.29, 1.82) is 0 Å². The smallest absolute Gasteiger partial charge is 0.416 e. The predicted octanol–water partition coefficient (Wildman–Crippen LogP) is 5.19. The van der Waals surface area contributed by atoms with Gasteiger partial charge in [0.05, 0.1) is 11.1 Å². The molecule has 2 aromatic carbocycles. The fraction of sp³-hybridized carbons (Fsp3) is 0.278. The van der Waals surface area contributed by atoms with Crippen molar-refractivity contribution in [2.45, 2.75) is 32.4 Å². The average Bonchev–Trinajstić information content (AvgIpc) is 2.45. The van der Waals surface area contributed by atoms with Crippen molar-refractivity contribution < 1.29 is 23.1 Å². The summed E-state index contributed by atoms with van der Waals surface area (Å²) in [5.74, 6) is -0.229. The van der Waals surface area contributed by atoms with Gasteiger partial charge in [0, 0.05) is 5.56 Å².